The zero-order valence-electron chi connectivity index (χ0n) is 10.4. The SMILES string of the molecule is CC(C)C(N)C(=O)N[C@@H](C)c1ccccc1Cl. The number of halogens is 1. The van der Waals surface area contributed by atoms with E-state index in [1.54, 1.807) is 0 Å². The molecule has 1 rings (SSSR count). The fourth-order valence-electron chi connectivity index (χ4n) is 1.52. The smallest absolute Gasteiger partial charge is 0.237 e. The van der Waals surface area contributed by atoms with Crippen molar-refractivity contribution in [2.24, 2.45) is 11.7 Å². The van der Waals surface area contributed by atoms with Crippen LogP contribution in [0.25, 0.3) is 0 Å². The lowest BCUT2D eigenvalue weighted by molar-refractivity contribution is -0.123. The Hall–Kier alpha value is -1.06. The molecule has 0 radical (unpaired) electrons. The van der Waals surface area contributed by atoms with Gasteiger partial charge in [0, 0.05) is 5.02 Å². The van der Waals surface area contributed by atoms with Gasteiger partial charge < -0.3 is 11.1 Å². The number of hydrogen-bond donors (Lipinski definition) is 2. The van der Waals surface area contributed by atoms with Crippen LogP contribution in [0.1, 0.15) is 32.4 Å². The van der Waals surface area contributed by atoms with Crippen LogP contribution >= 0.6 is 11.6 Å². The van der Waals surface area contributed by atoms with Gasteiger partial charge in [-0.2, -0.15) is 0 Å². The zero-order valence-corrected chi connectivity index (χ0v) is 11.2. The van der Waals surface area contributed by atoms with E-state index in [0.717, 1.165) is 5.56 Å². The molecule has 0 heterocycles. The summed E-state index contributed by atoms with van der Waals surface area (Å²) in [5.74, 6) is -0.0270. The lowest BCUT2D eigenvalue weighted by atomic mass is 10.0. The summed E-state index contributed by atoms with van der Waals surface area (Å²) >= 11 is 6.06. The first-order valence-corrected chi connectivity index (χ1v) is 6.11. The van der Waals surface area contributed by atoms with Crippen molar-refractivity contribution in [1.29, 1.82) is 0 Å². The monoisotopic (exact) mass is 254 g/mol. The molecule has 1 aromatic carbocycles. The van der Waals surface area contributed by atoms with E-state index in [0.29, 0.717) is 5.02 Å². The van der Waals surface area contributed by atoms with Gasteiger partial charge in [-0.3, -0.25) is 4.79 Å². The maximum atomic E-state index is 11.8. The topological polar surface area (TPSA) is 55.1 Å². The van der Waals surface area contributed by atoms with Gasteiger partial charge in [0.05, 0.1) is 12.1 Å². The van der Waals surface area contributed by atoms with Crippen LogP contribution in [0.5, 0.6) is 0 Å². The van der Waals surface area contributed by atoms with E-state index < -0.39 is 6.04 Å². The largest absolute Gasteiger partial charge is 0.348 e. The second kappa shape index (κ2) is 6.03. The Morgan fingerprint density at radius 2 is 1.88 bits per heavy atom. The van der Waals surface area contributed by atoms with Crippen molar-refractivity contribution in [3.63, 3.8) is 0 Å². The van der Waals surface area contributed by atoms with Crippen LogP contribution in [0.3, 0.4) is 0 Å². The molecule has 0 fully saturated rings. The van der Waals surface area contributed by atoms with Gasteiger partial charge in [0.25, 0.3) is 0 Å². The molecule has 4 heteroatoms. The minimum atomic E-state index is -0.486. The first-order chi connectivity index (χ1) is 7.93. The highest BCUT2D eigenvalue weighted by molar-refractivity contribution is 6.31. The van der Waals surface area contributed by atoms with Gasteiger partial charge in [-0.15, -0.1) is 0 Å². The second-order valence-corrected chi connectivity index (χ2v) is 4.93. The fraction of sp³-hybridized carbons (Fsp3) is 0.462. The number of hydrogen-bond acceptors (Lipinski definition) is 2. The maximum absolute atomic E-state index is 11.8. The van der Waals surface area contributed by atoms with Crippen molar-refractivity contribution in [2.45, 2.75) is 32.9 Å². The fourth-order valence-corrected chi connectivity index (χ4v) is 1.82. The van der Waals surface area contributed by atoms with Crippen LogP contribution in [-0.4, -0.2) is 11.9 Å². The van der Waals surface area contributed by atoms with Gasteiger partial charge in [-0.25, -0.2) is 0 Å². The summed E-state index contributed by atoms with van der Waals surface area (Å²) in [6.45, 7) is 5.74. The van der Waals surface area contributed by atoms with Crippen LogP contribution in [0.2, 0.25) is 5.02 Å². The zero-order chi connectivity index (χ0) is 13.0. The first-order valence-electron chi connectivity index (χ1n) is 5.74. The molecule has 0 aromatic heterocycles. The van der Waals surface area contributed by atoms with Gasteiger partial charge in [0.2, 0.25) is 5.91 Å². The van der Waals surface area contributed by atoms with E-state index in [4.69, 9.17) is 17.3 Å². The van der Waals surface area contributed by atoms with Crippen molar-refractivity contribution >= 4 is 17.5 Å². The van der Waals surface area contributed by atoms with Crippen molar-refractivity contribution in [1.82, 2.24) is 5.32 Å². The summed E-state index contributed by atoms with van der Waals surface area (Å²) in [7, 11) is 0. The predicted molar refractivity (Wildman–Crippen MR) is 70.8 cm³/mol. The minimum Gasteiger partial charge on any atom is -0.348 e. The Morgan fingerprint density at radius 1 is 1.29 bits per heavy atom. The summed E-state index contributed by atoms with van der Waals surface area (Å²) in [4.78, 5) is 11.8. The maximum Gasteiger partial charge on any atom is 0.237 e. The van der Waals surface area contributed by atoms with E-state index in [-0.39, 0.29) is 17.9 Å². The molecule has 94 valence electrons. The molecule has 1 amide bonds. The van der Waals surface area contributed by atoms with Crippen LogP contribution in [0.15, 0.2) is 24.3 Å². The molecule has 0 saturated heterocycles. The highest BCUT2D eigenvalue weighted by Crippen LogP contribution is 2.22. The predicted octanol–water partition coefficient (Wildman–Crippen LogP) is 2.50. The number of carbonyl (C=O) groups is 1. The molecule has 0 aliphatic carbocycles. The Bertz CT molecular complexity index is 393. The number of benzene rings is 1. The molecule has 0 saturated carbocycles. The normalized spacial score (nSPS) is 14.5. The molecule has 2 atom stereocenters. The van der Waals surface area contributed by atoms with Gasteiger partial charge in [-0.1, -0.05) is 43.6 Å². The Labute approximate surface area is 107 Å². The van der Waals surface area contributed by atoms with Crippen molar-refractivity contribution in [3.8, 4) is 0 Å². The van der Waals surface area contributed by atoms with E-state index in [2.05, 4.69) is 5.32 Å². The van der Waals surface area contributed by atoms with Crippen LogP contribution < -0.4 is 11.1 Å². The van der Waals surface area contributed by atoms with Crippen LogP contribution in [0.4, 0.5) is 0 Å². The molecule has 0 aliphatic rings. The Balaban J connectivity index is 2.70. The molecule has 0 aliphatic heterocycles. The molecule has 3 N–H and O–H groups in total. The molecule has 17 heavy (non-hydrogen) atoms. The van der Waals surface area contributed by atoms with Crippen molar-refractivity contribution in [3.05, 3.63) is 34.9 Å². The van der Waals surface area contributed by atoms with Gasteiger partial charge >= 0.3 is 0 Å². The number of rotatable bonds is 4. The number of amides is 1. The quantitative estimate of drug-likeness (QED) is 0.868. The van der Waals surface area contributed by atoms with Crippen LogP contribution in [0, 0.1) is 5.92 Å². The van der Waals surface area contributed by atoms with Gasteiger partial charge in [0.1, 0.15) is 0 Å². The highest BCUT2D eigenvalue weighted by atomic mass is 35.5. The van der Waals surface area contributed by atoms with Gasteiger partial charge in [-0.05, 0) is 24.5 Å². The molecule has 1 unspecified atom stereocenters. The lowest BCUT2D eigenvalue weighted by Crippen LogP contribution is -2.44. The summed E-state index contributed by atoms with van der Waals surface area (Å²) < 4.78 is 0. The van der Waals surface area contributed by atoms with E-state index in [9.17, 15) is 4.79 Å². The summed E-state index contributed by atoms with van der Waals surface area (Å²) in [5, 5.41) is 3.52. The van der Waals surface area contributed by atoms with Crippen LogP contribution in [-0.2, 0) is 4.79 Å². The third-order valence-corrected chi connectivity index (χ3v) is 3.10. The minimum absolute atomic E-state index is 0.119. The number of carbonyl (C=O) groups excluding carboxylic acids is 1. The van der Waals surface area contributed by atoms with E-state index in [1.807, 2.05) is 45.0 Å². The average molecular weight is 255 g/mol. The number of nitrogens with one attached hydrogen (secondary N) is 1. The molecule has 1 aromatic rings. The molecular weight excluding hydrogens is 236 g/mol. The lowest BCUT2D eigenvalue weighted by Gasteiger charge is -2.20. The molecule has 3 nitrogen and oxygen atoms in total. The first kappa shape index (κ1) is 14.0. The molecule has 0 bridgehead atoms. The summed E-state index contributed by atoms with van der Waals surface area (Å²) in [6.07, 6.45) is 0. The second-order valence-electron chi connectivity index (χ2n) is 4.52. The average Bonchev–Trinajstić information content (AvgIpc) is 2.28. The van der Waals surface area contributed by atoms with Gasteiger partial charge in [0.15, 0.2) is 0 Å². The number of nitrogens with two attached hydrogens (primary N) is 1. The standard InChI is InChI=1S/C13H19ClN2O/c1-8(2)12(15)13(17)16-9(3)10-6-4-5-7-11(10)14/h4-9,12H,15H2,1-3H3,(H,16,17)/t9-,12?/m0/s1. The third kappa shape index (κ3) is 3.72. The molecule has 0 spiro atoms. The third-order valence-electron chi connectivity index (χ3n) is 2.75. The summed E-state index contributed by atoms with van der Waals surface area (Å²) in [5.41, 5.74) is 6.68. The Kier molecular flexibility index (Phi) is 4.97. The highest BCUT2D eigenvalue weighted by Gasteiger charge is 2.20. The van der Waals surface area contributed by atoms with E-state index in [1.165, 1.54) is 0 Å². The van der Waals surface area contributed by atoms with Crippen molar-refractivity contribution in [2.75, 3.05) is 0 Å². The van der Waals surface area contributed by atoms with E-state index >= 15 is 0 Å². The molecular formula is C13H19ClN2O. The van der Waals surface area contributed by atoms with Crippen molar-refractivity contribution < 1.29 is 4.79 Å². The summed E-state index contributed by atoms with van der Waals surface area (Å²) in [6, 6.07) is 6.84. The Morgan fingerprint density at radius 3 is 2.41 bits per heavy atom.